The number of amides is 2. The Morgan fingerprint density at radius 2 is 1.85 bits per heavy atom. The minimum Gasteiger partial charge on any atom is -0.483 e. The van der Waals surface area contributed by atoms with Gasteiger partial charge < -0.3 is 26.4 Å². The molecule has 10 nitrogen and oxygen atoms in total. The number of pyridine rings is 1. The fourth-order valence-corrected chi connectivity index (χ4v) is 4.66. The smallest absolute Gasteiger partial charge is 0.258 e. The van der Waals surface area contributed by atoms with Crippen molar-refractivity contribution in [1.29, 1.82) is 0 Å². The molecule has 0 saturated carbocycles. The highest BCUT2D eigenvalue weighted by Gasteiger charge is 2.28. The zero-order chi connectivity index (χ0) is 27.9. The Morgan fingerprint density at radius 3 is 2.54 bits per heavy atom. The molecule has 0 aliphatic carbocycles. The number of primary amides is 1. The van der Waals surface area contributed by atoms with Crippen LogP contribution in [0.2, 0.25) is 0 Å². The van der Waals surface area contributed by atoms with Crippen LogP contribution in [0.5, 0.6) is 5.75 Å². The molecular weight excluding hydrogens is 523 g/mol. The molecule has 0 radical (unpaired) electrons. The van der Waals surface area contributed by atoms with E-state index >= 15 is 0 Å². The molecule has 12 heteroatoms. The number of halogens is 1. The first-order chi connectivity index (χ1) is 18.7. The van der Waals surface area contributed by atoms with E-state index in [0.717, 1.165) is 16.9 Å². The maximum atomic E-state index is 13.5. The summed E-state index contributed by atoms with van der Waals surface area (Å²) in [6.07, 6.45) is 3.28. The highest BCUT2D eigenvalue weighted by molar-refractivity contribution is 7.18. The molecule has 0 aliphatic rings. The van der Waals surface area contributed by atoms with Gasteiger partial charge in [0.15, 0.2) is 11.7 Å². The number of carbonyl (C=O) groups excluding carboxylic acids is 3. The second-order valence-corrected chi connectivity index (χ2v) is 9.37. The van der Waals surface area contributed by atoms with Gasteiger partial charge in [-0.25, -0.2) is 9.37 Å². The first kappa shape index (κ1) is 27.2. The largest absolute Gasteiger partial charge is 0.483 e. The zero-order valence-electron chi connectivity index (χ0n) is 20.8. The fraction of sp³-hybridized carbons (Fsp3) is 0.148. The van der Waals surface area contributed by atoms with Gasteiger partial charge in [-0.05, 0) is 55.0 Å². The number of ether oxygens (including phenoxy) is 1. The van der Waals surface area contributed by atoms with Crippen LogP contribution in [-0.2, 0) is 16.1 Å². The quantitative estimate of drug-likeness (QED) is 0.242. The summed E-state index contributed by atoms with van der Waals surface area (Å²) in [6, 6.07) is 14.6. The Bertz CT molecular complexity index is 1480. The average Bonchev–Trinajstić information content (AvgIpc) is 3.32. The molecule has 2 aromatic heterocycles. The Balaban J connectivity index is 1.54. The number of aromatic nitrogens is 2. The van der Waals surface area contributed by atoms with E-state index < -0.39 is 23.5 Å². The molecule has 2 amide bonds. The van der Waals surface area contributed by atoms with Crippen molar-refractivity contribution in [3.8, 4) is 5.75 Å². The van der Waals surface area contributed by atoms with E-state index in [1.165, 1.54) is 29.2 Å². The van der Waals surface area contributed by atoms with Crippen LogP contribution < -0.4 is 26.4 Å². The highest BCUT2D eigenvalue weighted by atomic mass is 32.1. The number of hydrogen-bond donors (Lipinski definition) is 3. The van der Waals surface area contributed by atoms with Crippen molar-refractivity contribution in [1.82, 2.24) is 15.3 Å². The van der Waals surface area contributed by atoms with E-state index in [9.17, 15) is 18.8 Å². The molecule has 0 fully saturated rings. The van der Waals surface area contributed by atoms with Crippen LogP contribution in [0.4, 0.5) is 21.0 Å². The molecule has 0 bridgehead atoms. The van der Waals surface area contributed by atoms with Crippen LogP contribution in [-0.4, -0.2) is 40.2 Å². The first-order valence-corrected chi connectivity index (χ1v) is 12.6. The SMILES string of the molecule is CC(C(N)=O)N(c1ccc(F)cc1)c1nc(N)c(C(=O)c2ccccc2OCC(=O)NCc2cccnc2)s1. The topological polar surface area (TPSA) is 154 Å². The van der Waals surface area contributed by atoms with Crippen molar-refractivity contribution in [2.24, 2.45) is 5.73 Å². The number of nitrogens with one attached hydrogen (secondary N) is 1. The molecule has 39 heavy (non-hydrogen) atoms. The van der Waals surface area contributed by atoms with E-state index in [-0.39, 0.29) is 46.2 Å². The first-order valence-electron chi connectivity index (χ1n) is 11.8. The summed E-state index contributed by atoms with van der Waals surface area (Å²) < 4.78 is 19.2. The molecule has 2 heterocycles. The summed E-state index contributed by atoms with van der Waals surface area (Å²) in [5.74, 6) is -1.84. The van der Waals surface area contributed by atoms with E-state index in [1.807, 2.05) is 6.07 Å². The second-order valence-electron chi connectivity index (χ2n) is 8.39. The van der Waals surface area contributed by atoms with E-state index in [2.05, 4.69) is 15.3 Å². The number of nitrogens with two attached hydrogens (primary N) is 2. The number of hydrogen-bond acceptors (Lipinski definition) is 9. The van der Waals surface area contributed by atoms with Gasteiger partial charge in [0.1, 0.15) is 28.3 Å². The lowest BCUT2D eigenvalue weighted by atomic mass is 10.1. The maximum absolute atomic E-state index is 13.5. The molecule has 0 saturated heterocycles. The molecule has 200 valence electrons. The predicted octanol–water partition coefficient (Wildman–Crippen LogP) is 3.20. The molecular formula is C27H25FN6O4S. The van der Waals surface area contributed by atoms with E-state index in [1.54, 1.807) is 49.6 Å². The van der Waals surface area contributed by atoms with Gasteiger partial charge in [-0.2, -0.15) is 0 Å². The normalized spacial score (nSPS) is 11.4. The number of thiazole rings is 1. The lowest BCUT2D eigenvalue weighted by Crippen LogP contribution is -2.39. The number of rotatable bonds is 11. The minimum atomic E-state index is -0.871. The Hall–Kier alpha value is -4.84. The van der Waals surface area contributed by atoms with Gasteiger partial charge in [-0.15, -0.1) is 0 Å². The van der Waals surface area contributed by atoms with Gasteiger partial charge >= 0.3 is 0 Å². The number of nitrogen functional groups attached to an aromatic ring is 1. The number of ketones is 1. The minimum absolute atomic E-state index is 0.0622. The van der Waals surface area contributed by atoms with Crippen LogP contribution in [0.3, 0.4) is 0 Å². The van der Waals surface area contributed by atoms with Crippen LogP contribution in [0.15, 0.2) is 73.1 Å². The van der Waals surface area contributed by atoms with Gasteiger partial charge in [0, 0.05) is 24.6 Å². The van der Waals surface area contributed by atoms with E-state index in [0.29, 0.717) is 5.69 Å². The Morgan fingerprint density at radius 1 is 1.10 bits per heavy atom. The van der Waals surface area contributed by atoms with Crippen LogP contribution in [0.25, 0.3) is 0 Å². The van der Waals surface area contributed by atoms with Gasteiger partial charge in [-0.3, -0.25) is 19.4 Å². The van der Waals surface area contributed by atoms with Gasteiger partial charge in [-0.1, -0.05) is 29.5 Å². The second kappa shape index (κ2) is 12.1. The fourth-order valence-electron chi connectivity index (χ4n) is 3.61. The average molecular weight is 549 g/mol. The third-order valence-corrected chi connectivity index (χ3v) is 6.73. The number of benzene rings is 2. The summed E-state index contributed by atoms with van der Waals surface area (Å²) >= 11 is 0.952. The summed E-state index contributed by atoms with van der Waals surface area (Å²) in [6.45, 7) is 1.53. The molecule has 4 aromatic rings. The molecule has 1 atom stereocenters. The van der Waals surface area contributed by atoms with Crippen LogP contribution in [0.1, 0.15) is 27.7 Å². The number of para-hydroxylation sites is 1. The third-order valence-electron chi connectivity index (χ3n) is 5.66. The van der Waals surface area contributed by atoms with Crippen molar-refractivity contribution in [2.75, 3.05) is 17.2 Å². The van der Waals surface area contributed by atoms with Crippen molar-refractivity contribution < 1.29 is 23.5 Å². The molecule has 1 unspecified atom stereocenters. The third kappa shape index (κ3) is 6.54. The Kier molecular flexibility index (Phi) is 8.46. The Labute approximate surface area is 227 Å². The van der Waals surface area contributed by atoms with Crippen molar-refractivity contribution in [2.45, 2.75) is 19.5 Å². The summed E-state index contributed by atoms with van der Waals surface area (Å²) in [7, 11) is 0. The lowest BCUT2D eigenvalue weighted by molar-refractivity contribution is -0.123. The molecule has 0 aliphatic heterocycles. The lowest BCUT2D eigenvalue weighted by Gasteiger charge is -2.26. The molecule has 2 aromatic carbocycles. The maximum Gasteiger partial charge on any atom is 0.258 e. The van der Waals surface area contributed by atoms with Crippen LogP contribution in [0, 0.1) is 5.82 Å². The zero-order valence-corrected chi connectivity index (χ0v) is 21.7. The van der Waals surface area contributed by atoms with Crippen molar-refractivity contribution in [3.05, 3.63) is 94.9 Å². The molecule has 0 spiro atoms. The van der Waals surface area contributed by atoms with Crippen molar-refractivity contribution in [3.63, 3.8) is 0 Å². The predicted molar refractivity (Wildman–Crippen MR) is 145 cm³/mol. The monoisotopic (exact) mass is 548 g/mol. The highest BCUT2D eigenvalue weighted by Crippen LogP contribution is 2.37. The van der Waals surface area contributed by atoms with Gasteiger partial charge in [0.05, 0.1) is 5.56 Å². The van der Waals surface area contributed by atoms with Crippen LogP contribution >= 0.6 is 11.3 Å². The van der Waals surface area contributed by atoms with Gasteiger partial charge in [0.2, 0.25) is 11.7 Å². The van der Waals surface area contributed by atoms with E-state index in [4.69, 9.17) is 16.2 Å². The summed E-state index contributed by atoms with van der Waals surface area (Å²) in [5.41, 5.74) is 13.1. The molecule has 4 rings (SSSR count). The standard InChI is InChI=1S/C27H25FN6O4S/c1-16(26(30)37)34(19-10-8-18(28)9-11-19)27-33-25(29)24(39-27)23(36)20-6-2-3-7-21(20)38-15-22(35)32-14-17-5-4-12-31-13-17/h2-13,16H,14-15,29H2,1H3,(H2,30,37)(H,32,35). The van der Waals surface area contributed by atoms with Gasteiger partial charge in [0.25, 0.3) is 5.91 Å². The number of nitrogens with zero attached hydrogens (tertiary/aromatic N) is 3. The molecule has 5 N–H and O–H groups in total. The van der Waals surface area contributed by atoms with Crippen molar-refractivity contribution >= 4 is 45.6 Å². The number of carbonyl (C=O) groups is 3. The summed E-state index contributed by atoms with van der Waals surface area (Å²) in [5, 5.41) is 2.95. The number of anilines is 3. The summed E-state index contributed by atoms with van der Waals surface area (Å²) in [4.78, 5) is 47.7.